The number of hydrogen-bond donors (Lipinski definition) is 1. The average molecular weight is 445 g/mol. The molecule has 2 aliphatic heterocycles. The SMILES string of the molecule is CCCCCCCCCC(=O)NC1CC2CCC(C1)N2CCc1ccc(OC)c(OC)c1. The topological polar surface area (TPSA) is 50.8 Å². The lowest BCUT2D eigenvalue weighted by molar-refractivity contribution is -0.122. The van der Waals surface area contributed by atoms with E-state index in [-0.39, 0.29) is 5.91 Å². The Morgan fingerprint density at radius 2 is 1.62 bits per heavy atom. The monoisotopic (exact) mass is 444 g/mol. The van der Waals surface area contributed by atoms with Gasteiger partial charge in [0, 0.05) is 31.1 Å². The van der Waals surface area contributed by atoms with Crippen molar-refractivity contribution >= 4 is 5.91 Å². The summed E-state index contributed by atoms with van der Waals surface area (Å²) < 4.78 is 10.8. The van der Waals surface area contributed by atoms with E-state index in [1.165, 1.54) is 56.9 Å². The smallest absolute Gasteiger partial charge is 0.220 e. The summed E-state index contributed by atoms with van der Waals surface area (Å²) in [4.78, 5) is 15.1. The lowest BCUT2D eigenvalue weighted by Crippen LogP contribution is -2.50. The van der Waals surface area contributed by atoms with Crippen molar-refractivity contribution in [2.75, 3.05) is 20.8 Å². The fourth-order valence-corrected chi connectivity index (χ4v) is 5.59. The van der Waals surface area contributed by atoms with Crippen LogP contribution in [0.5, 0.6) is 11.5 Å². The van der Waals surface area contributed by atoms with Crippen LogP contribution in [-0.2, 0) is 11.2 Å². The molecule has 0 spiro atoms. The van der Waals surface area contributed by atoms with Crippen molar-refractivity contribution < 1.29 is 14.3 Å². The molecule has 2 bridgehead atoms. The fourth-order valence-electron chi connectivity index (χ4n) is 5.59. The molecule has 5 nitrogen and oxygen atoms in total. The zero-order valence-electron chi connectivity index (χ0n) is 20.5. The van der Waals surface area contributed by atoms with Gasteiger partial charge in [-0.1, -0.05) is 51.5 Å². The number of amides is 1. The molecular weight excluding hydrogens is 400 g/mol. The van der Waals surface area contributed by atoms with Crippen LogP contribution in [0.25, 0.3) is 0 Å². The summed E-state index contributed by atoms with van der Waals surface area (Å²) in [7, 11) is 3.36. The van der Waals surface area contributed by atoms with Crippen molar-refractivity contribution in [3.63, 3.8) is 0 Å². The Morgan fingerprint density at radius 3 is 2.28 bits per heavy atom. The second kappa shape index (κ2) is 13.1. The van der Waals surface area contributed by atoms with Gasteiger partial charge in [-0.15, -0.1) is 0 Å². The van der Waals surface area contributed by atoms with E-state index in [4.69, 9.17) is 9.47 Å². The molecule has 2 saturated heterocycles. The van der Waals surface area contributed by atoms with E-state index in [1.54, 1.807) is 14.2 Å². The summed E-state index contributed by atoms with van der Waals surface area (Å²) in [5.41, 5.74) is 1.28. The summed E-state index contributed by atoms with van der Waals surface area (Å²) in [6.07, 6.45) is 15.2. The van der Waals surface area contributed by atoms with Gasteiger partial charge in [0.05, 0.1) is 14.2 Å². The van der Waals surface area contributed by atoms with E-state index in [1.807, 2.05) is 6.07 Å². The Bertz CT molecular complexity index is 694. The quantitative estimate of drug-likeness (QED) is 0.385. The molecule has 0 radical (unpaired) electrons. The van der Waals surface area contributed by atoms with E-state index < -0.39 is 0 Å². The van der Waals surface area contributed by atoms with Gasteiger partial charge in [-0.05, 0) is 56.2 Å². The number of fused-ring (bicyclic) bond motifs is 2. The molecule has 2 heterocycles. The maximum atomic E-state index is 12.4. The second-order valence-electron chi connectivity index (χ2n) is 9.67. The number of ether oxygens (including phenoxy) is 2. The Balaban J connectivity index is 1.37. The third-order valence-corrected chi connectivity index (χ3v) is 7.36. The van der Waals surface area contributed by atoms with Gasteiger partial charge in [0.15, 0.2) is 11.5 Å². The minimum absolute atomic E-state index is 0.265. The van der Waals surface area contributed by atoms with Crippen LogP contribution in [0.15, 0.2) is 18.2 Å². The maximum Gasteiger partial charge on any atom is 0.220 e. The van der Waals surface area contributed by atoms with Gasteiger partial charge in [-0.2, -0.15) is 0 Å². The van der Waals surface area contributed by atoms with Crippen LogP contribution in [-0.4, -0.2) is 49.7 Å². The molecule has 1 N–H and O–H groups in total. The fraction of sp³-hybridized carbons (Fsp3) is 0.741. The molecule has 2 atom stereocenters. The Kier molecular flexibility index (Phi) is 10.2. The zero-order valence-corrected chi connectivity index (χ0v) is 20.5. The van der Waals surface area contributed by atoms with Crippen LogP contribution in [0.3, 0.4) is 0 Å². The highest BCUT2D eigenvalue weighted by atomic mass is 16.5. The molecule has 2 unspecified atom stereocenters. The third-order valence-electron chi connectivity index (χ3n) is 7.36. The highest BCUT2D eigenvalue weighted by molar-refractivity contribution is 5.76. The average Bonchev–Trinajstić information content (AvgIpc) is 3.04. The maximum absolute atomic E-state index is 12.4. The Hall–Kier alpha value is -1.75. The predicted molar refractivity (Wildman–Crippen MR) is 131 cm³/mol. The number of methoxy groups -OCH3 is 2. The van der Waals surface area contributed by atoms with Crippen molar-refractivity contribution in [2.24, 2.45) is 0 Å². The summed E-state index contributed by atoms with van der Waals surface area (Å²) in [6.45, 7) is 3.32. The molecule has 2 fully saturated rings. The number of unbranched alkanes of at least 4 members (excludes halogenated alkanes) is 6. The molecule has 32 heavy (non-hydrogen) atoms. The molecule has 5 heteroatoms. The first-order valence-electron chi connectivity index (χ1n) is 12.9. The van der Waals surface area contributed by atoms with Gasteiger partial charge in [0.25, 0.3) is 0 Å². The van der Waals surface area contributed by atoms with Crippen LogP contribution in [0.1, 0.15) is 89.5 Å². The van der Waals surface area contributed by atoms with Crippen molar-refractivity contribution in [1.82, 2.24) is 10.2 Å². The van der Waals surface area contributed by atoms with Crippen LogP contribution in [0.4, 0.5) is 0 Å². The third kappa shape index (κ3) is 7.13. The van der Waals surface area contributed by atoms with Crippen molar-refractivity contribution in [1.29, 1.82) is 0 Å². The molecular formula is C27H44N2O3. The minimum atomic E-state index is 0.265. The predicted octanol–water partition coefficient (Wildman–Crippen LogP) is 5.50. The first kappa shape index (κ1) is 24.9. The van der Waals surface area contributed by atoms with Gasteiger partial charge in [0.2, 0.25) is 5.91 Å². The van der Waals surface area contributed by atoms with E-state index >= 15 is 0 Å². The molecule has 0 aliphatic carbocycles. The molecule has 3 rings (SSSR count). The Morgan fingerprint density at radius 1 is 0.969 bits per heavy atom. The number of rotatable bonds is 14. The first-order valence-corrected chi connectivity index (χ1v) is 12.9. The number of benzene rings is 1. The largest absolute Gasteiger partial charge is 0.493 e. The number of hydrogen-bond acceptors (Lipinski definition) is 4. The summed E-state index contributed by atoms with van der Waals surface area (Å²) in [6, 6.07) is 7.81. The molecule has 180 valence electrons. The van der Waals surface area contributed by atoms with Gasteiger partial charge >= 0.3 is 0 Å². The van der Waals surface area contributed by atoms with Crippen molar-refractivity contribution in [3.05, 3.63) is 23.8 Å². The van der Waals surface area contributed by atoms with Crippen molar-refractivity contribution in [3.8, 4) is 11.5 Å². The lowest BCUT2D eigenvalue weighted by Gasteiger charge is -2.39. The van der Waals surface area contributed by atoms with E-state index in [2.05, 4.69) is 29.3 Å². The van der Waals surface area contributed by atoms with Crippen LogP contribution < -0.4 is 14.8 Å². The molecule has 1 amide bonds. The number of piperidine rings is 1. The summed E-state index contributed by atoms with van der Waals surface area (Å²) in [5.74, 6) is 1.85. The molecule has 0 saturated carbocycles. The summed E-state index contributed by atoms with van der Waals surface area (Å²) >= 11 is 0. The number of nitrogens with zero attached hydrogens (tertiary/aromatic N) is 1. The standard InChI is InChI=1S/C27H44N2O3/c1-4-5-6-7-8-9-10-11-27(30)28-22-19-23-13-14-24(20-22)29(23)17-16-21-12-15-25(31-2)26(18-21)32-3/h12,15,18,22-24H,4-11,13-14,16-17,19-20H2,1-3H3,(H,28,30). The molecule has 0 aromatic heterocycles. The van der Waals surface area contributed by atoms with Gasteiger partial charge in [-0.3, -0.25) is 9.69 Å². The first-order chi connectivity index (χ1) is 15.6. The summed E-state index contributed by atoms with van der Waals surface area (Å²) in [5, 5.41) is 3.36. The van der Waals surface area contributed by atoms with Crippen LogP contribution in [0.2, 0.25) is 0 Å². The highest BCUT2D eigenvalue weighted by Crippen LogP contribution is 2.36. The number of carbonyl (C=O) groups is 1. The lowest BCUT2D eigenvalue weighted by atomic mass is 9.96. The zero-order chi connectivity index (χ0) is 22.8. The Labute approximate surface area is 195 Å². The van der Waals surface area contributed by atoms with Crippen molar-refractivity contribution in [2.45, 2.75) is 109 Å². The van der Waals surface area contributed by atoms with E-state index in [9.17, 15) is 4.79 Å². The van der Waals surface area contributed by atoms with Gasteiger partial charge < -0.3 is 14.8 Å². The van der Waals surface area contributed by atoms with E-state index in [0.717, 1.165) is 43.7 Å². The van der Waals surface area contributed by atoms with Gasteiger partial charge in [0.1, 0.15) is 0 Å². The second-order valence-corrected chi connectivity index (χ2v) is 9.67. The van der Waals surface area contributed by atoms with Crippen LogP contribution >= 0.6 is 0 Å². The number of nitrogens with one attached hydrogen (secondary N) is 1. The number of carbonyl (C=O) groups excluding carboxylic acids is 1. The van der Waals surface area contributed by atoms with Gasteiger partial charge in [-0.25, -0.2) is 0 Å². The van der Waals surface area contributed by atoms with E-state index in [0.29, 0.717) is 24.5 Å². The highest BCUT2D eigenvalue weighted by Gasteiger charge is 2.40. The molecule has 2 aliphatic rings. The van der Waals surface area contributed by atoms with Crippen LogP contribution in [0, 0.1) is 0 Å². The molecule has 1 aromatic carbocycles. The minimum Gasteiger partial charge on any atom is -0.493 e. The normalized spacial score (nSPS) is 22.7. The molecule has 1 aromatic rings.